The monoisotopic (exact) mass is 266 g/mol. The Balaban J connectivity index is 2.67. The van der Waals surface area contributed by atoms with Gasteiger partial charge in [-0.2, -0.15) is 5.10 Å². The van der Waals surface area contributed by atoms with Gasteiger partial charge in [0.2, 0.25) is 0 Å². The summed E-state index contributed by atoms with van der Waals surface area (Å²) in [6.45, 7) is 13.4. The van der Waals surface area contributed by atoms with E-state index in [0.29, 0.717) is 5.41 Å². The molecule has 1 aromatic heterocycles. The van der Waals surface area contributed by atoms with Crippen molar-refractivity contribution in [2.75, 3.05) is 5.75 Å². The zero-order valence-corrected chi connectivity index (χ0v) is 13.6. The van der Waals surface area contributed by atoms with Gasteiger partial charge in [0.15, 0.2) is 0 Å². The standard InChI is InChI=1S/C15H26N2S/c1-14(2,3)11-18-9-8-12-10-13(15(4,5)6)17(7)16-12/h8-10H,11H2,1-7H3. The fraction of sp³-hybridized carbons (Fsp3) is 0.667. The summed E-state index contributed by atoms with van der Waals surface area (Å²) in [6.07, 6.45) is 2.10. The molecule has 18 heavy (non-hydrogen) atoms. The highest BCUT2D eigenvalue weighted by Crippen LogP contribution is 2.24. The maximum Gasteiger partial charge on any atom is 0.0859 e. The lowest BCUT2D eigenvalue weighted by Gasteiger charge is -2.17. The first kappa shape index (κ1) is 15.4. The number of rotatable bonds is 3. The average Bonchev–Trinajstić information content (AvgIpc) is 2.52. The van der Waals surface area contributed by atoms with Gasteiger partial charge in [-0.25, -0.2) is 0 Å². The molecule has 0 aliphatic rings. The van der Waals surface area contributed by atoms with E-state index in [1.807, 2.05) is 23.5 Å². The number of aromatic nitrogens is 2. The van der Waals surface area contributed by atoms with E-state index in [0.717, 1.165) is 11.4 Å². The first-order valence-electron chi connectivity index (χ1n) is 6.42. The van der Waals surface area contributed by atoms with Crippen LogP contribution in [0, 0.1) is 5.41 Å². The second-order valence-electron chi connectivity index (χ2n) is 7.00. The number of hydrogen-bond donors (Lipinski definition) is 0. The Kier molecular flexibility index (Phi) is 4.71. The zero-order valence-electron chi connectivity index (χ0n) is 12.7. The molecule has 0 radical (unpaired) electrons. The quantitative estimate of drug-likeness (QED) is 0.803. The Morgan fingerprint density at radius 1 is 1.22 bits per heavy atom. The minimum Gasteiger partial charge on any atom is -0.272 e. The van der Waals surface area contributed by atoms with E-state index in [4.69, 9.17) is 0 Å². The van der Waals surface area contributed by atoms with Crippen LogP contribution in [0.1, 0.15) is 52.9 Å². The Labute approximate surface area is 116 Å². The molecule has 1 heterocycles. The van der Waals surface area contributed by atoms with E-state index >= 15 is 0 Å². The van der Waals surface area contributed by atoms with Crippen molar-refractivity contribution in [3.05, 3.63) is 22.9 Å². The third-order valence-corrected chi connectivity index (χ3v) is 3.88. The van der Waals surface area contributed by atoms with E-state index < -0.39 is 0 Å². The molecule has 1 aromatic rings. The van der Waals surface area contributed by atoms with Crippen LogP contribution in [-0.4, -0.2) is 15.5 Å². The zero-order chi connectivity index (χ0) is 14.0. The fourth-order valence-electron chi connectivity index (χ4n) is 1.69. The van der Waals surface area contributed by atoms with Crippen molar-refractivity contribution in [3.63, 3.8) is 0 Å². The van der Waals surface area contributed by atoms with Gasteiger partial charge in [0, 0.05) is 23.9 Å². The number of nitrogens with zero attached hydrogens (tertiary/aromatic N) is 2. The van der Waals surface area contributed by atoms with Crippen molar-refractivity contribution >= 4 is 17.8 Å². The molecule has 0 N–H and O–H groups in total. The lowest BCUT2D eigenvalue weighted by molar-refractivity contribution is 0.481. The van der Waals surface area contributed by atoms with E-state index in [1.165, 1.54) is 5.69 Å². The van der Waals surface area contributed by atoms with Crippen molar-refractivity contribution in [1.82, 2.24) is 9.78 Å². The molecule has 0 amide bonds. The van der Waals surface area contributed by atoms with Crippen molar-refractivity contribution in [2.24, 2.45) is 12.5 Å². The van der Waals surface area contributed by atoms with Crippen LogP contribution in [0.2, 0.25) is 0 Å². The summed E-state index contributed by atoms with van der Waals surface area (Å²) >= 11 is 1.85. The highest BCUT2D eigenvalue weighted by molar-refractivity contribution is 8.02. The molecule has 1 rings (SSSR count). The van der Waals surface area contributed by atoms with Crippen LogP contribution in [0.3, 0.4) is 0 Å². The van der Waals surface area contributed by atoms with Gasteiger partial charge >= 0.3 is 0 Å². The second kappa shape index (κ2) is 5.52. The van der Waals surface area contributed by atoms with Crippen LogP contribution in [0.15, 0.2) is 11.5 Å². The Hall–Kier alpha value is -0.700. The van der Waals surface area contributed by atoms with E-state index in [-0.39, 0.29) is 5.41 Å². The van der Waals surface area contributed by atoms with E-state index in [9.17, 15) is 0 Å². The molecule has 102 valence electrons. The van der Waals surface area contributed by atoms with Gasteiger partial charge in [0.1, 0.15) is 0 Å². The number of thioether (sulfide) groups is 1. The molecule has 2 nitrogen and oxygen atoms in total. The van der Waals surface area contributed by atoms with Gasteiger partial charge in [-0.3, -0.25) is 4.68 Å². The number of hydrogen-bond acceptors (Lipinski definition) is 2. The molecular weight excluding hydrogens is 240 g/mol. The third-order valence-electron chi connectivity index (χ3n) is 2.52. The van der Waals surface area contributed by atoms with Crippen molar-refractivity contribution in [3.8, 4) is 0 Å². The predicted molar refractivity (Wildman–Crippen MR) is 82.9 cm³/mol. The van der Waals surface area contributed by atoms with Crippen LogP contribution in [0.4, 0.5) is 0 Å². The van der Waals surface area contributed by atoms with Crippen LogP contribution < -0.4 is 0 Å². The largest absolute Gasteiger partial charge is 0.272 e. The molecule has 0 aromatic carbocycles. The minimum absolute atomic E-state index is 0.145. The summed E-state index contributed by atoms with van der Waals surface area (Å²) in [5.41, 5.74) is 2.83. The van der Waals surface area contributed by atoms with Gasteiger partial charge < -0.3 is 0 Å². The van der Waals surface area contributed by atoms with Crippen LogP contribution >= 0.6 is 11.8 Å². The molecule has 0 saturated heterocycles. The highest BCUT2D eigenvalue weighted by atomic mass is 32.2. The molecule has 3 heteroatoms. The predicted octanol–water partition coefficient (Wildman–Crippen LogP) is 4.47. The number of aryl methyl sites for hydroxylation is 1. The topological polar surface area (TPSA) is 17.8 Å². The molecule has 0 saturated carbocycles. The Morgan fingerprint density at radius 3 is 2.28 bits per heavy atom. The van der Waals surface area contributed by atoms with Gasteiger partial charge in [0.25, 0.3) is 0 Å². The van der Waals surface area contributed by atoms with Crippen molar-refractivity contribution in [1.29, 1.82) is 0 Å². The highest BCUT2D eigenvalue weighted by Gasteiger charge is 2.18. The van der Waals surface area contributed by atoms with Gasteiger partial charge in [-0.1, -0.05) is 41.5 Å². The Bertz CT molecular complexity index is 417. The lowest BCUT2D eigenvalue weighted by atomic mass is 9.92. The molecule has 0 spiro atoms. The smallest absolute Gasteiger partial charge is 0.0859 e. The molecular formula is C15H26N2S. The summed E-state index contributed by atoms with van der Waals surface area (Å²) in [4.78, 5) is 0. The van der Waals surface area contributed by atoms with Crippen molar-refractivity contribution < 1.29 is 0 Å². The van der Waals surface area contributed by atoms with Crippen molar-refractivity contribution in [2.45, 2.75) is 47.0 Å². The fourth-order valence-corrected chi connectivity index (χ4v) is 2.52. The van der Waals surface area contributed by atoms with E-state index in [1.54, 1.807) is 0 Å². The van der Waals surface area contributed by atoms with Gasteiger partial charge in [-0.15, -0.1) is 11.8 Å². The summed E-state index contributed by atoms with van der Waals surface area (Å²) in [7, 11) is 2.01. The molecule has 0 aliphatic heterocycles. The first-order chi connectivity index (χ1) is 8.09. The van der Waals surface area contributed by atoms with Gasteiger partial charge in [-0.05, 0) is 23.0 Å². The van der Waals surface area contributed by atoms with Gasteiger partial charge in [0.05, 0.1) is 5.69 Å². The third kappa shape index (κ3) is 4.89. The molecule has 0 fully saturated rings. The normalized spacial score (nSPS) is 13.5. The summed E-state index contributed by atoms with van der Waals surface area (Å²) in [5.74, 6) is 1.13. The van der Waals surface area contributed by atoms with Crippen LogP contribution in [-0.2, 0) is 12.5 Å². The summed E-state index contributed by atoms with van der Waals surface area (Å²) < 4.78 is 1.98. The minimum atomic E-state index is 0.145. The second-order valence-corrected chi connectivity index (χ2v) is 7.90. The van der Waals surface area contributed by atoms with Crippen LogP contribution in [0.25, 0.3) is 6.08 Å². The Morgan fingerprint density at radius 2 is 1.83 bits per heavy atom. The van der Waals surface area contributed by atoms with E-state index in [2.05, 4.69) is 64.2 Å². The maximum atomic E-state index is 4.53. The molecule has 0 bridgehead atoms. The summed E-state index contributed by atoms with van der Waals surface area (Å²) in [5, 5.41) is 6.68. The SMILES string of the molecule is Cn1nc(C=CSCC(C)(C)C)cc1C(C)(C)C. The lowest BCUT2D eigenvalue weighted by Crippen LogP contribution is -2.16. The maximum absolute atomic E-state index is 4.53. The first-order valence-corrected chi connectivity index (χ1v) is 7.47. The molecule has 0 unspecified atom stereocenters. The molecule has 0 atom stereocenters. The average molecular weight is 266 g/mol. The summed E-state index contributed by atoms with van der Waals surface area (Å²) in [6, 6.07) is 2.17. The van der Waals surface area contributed by atoms with Crippen LogP contribution in [0.5, 0.6) is 0 Å². The molecule has 0 aliphatic carbocycles.